The zero-order valence-electron chi connectivity index (χ0n) is 9.47. The van der Waals surface area contributed by atoms with Gasteiger partial charge in [0.25, 0.3) is 0 Å². The Morgan fingerprint density at radius 3 is 2.76 bits per heavy atom. The average molecular weight is 233 g/mol. The molecule has 1 aliphatic carbocycles. The van der Waals surface area contributed by atoms with E-state index in [-0.39, 0.29) is 11.5 Å². The van der Waals surface area contributed by atoms with Gasteiger partial charge < -0.3 is 9.47 Å². The molecule has 1 atom stereocenters. The summed E-state index contributed by atoms with van der Waals surface area (Å²) < 4.78 is 9.57. The molecular formula is C12H11NO4. The van der Waals surface area contributed by atoms with Gasteiger partial charge in [-0.15, -0.1) is 0 Å². The number of ether oxygens (including phenoxy) is 2. The van der Waals surface area contributed by atoms with Crippen molar-refractivity contribution >= 4 is 17.5 Å². The van der Waals surface area contributed by atoms with Crippen LogP contribution in [0.5, 0.6) is 0 Å². The fourth-order valence-corrected chi connectivity index (χ4v) is 1.65. The number of hydrogen-bond acceptors (Lipinski definition) is 5. The lowest BCUT2D eigenvalue weighted by molar-refractivity contribution is -0.136. The molecule has 88 valence electrons. The van der Waals surface area contributed by atoms with Crippen LogP contribution in [0.15, 0.2) is 40.8 Å². The quantitative estimate of drug-likeness (QED) is 0.661. The zero-order chi connectivity index (χ0) is 12.4. The highest BCUT2D eigenvalue weighted by Crippen LogP contribution is 2.22. The van der Waals surface area contributed by atoms with Gasteiger partial charge in [0.05, 0.1) is 25.8 Å². The van der Waals surface area contributed by atoms with Crippen LogP contribution in [0.3, 0.4) is 0 Å². The minimum absolute atomic E-state index is 0.0302. The van der Waals surface area contributed by atoms with Gasteiger partial charge in [0.15, 0.2) is 11.5 Å². The van der Waals surface area contributed by atoms with Crippen LogP contribution in [0.1, 0.15) is 0 Å². The molecule has 2 aliphatic rings. The van der Waals surface area contributed by atoms with Crippen molar-refractivity contribution in [2.45, 2.75) is 0 Å². The first-order chi connectivity index (χ1) is 8.15. The third-order valence-electron chi connectivity index (χ3n) is 2.53. The predicted octanol–water partition coefficient (Wildman–Crippen LogP) is 0.783. The van der Waals surface area contributed by atoms with Crippen LogP contribution in [0.2, 0.25) is 0 Å². The molecule has 1 aliphatic heterocycles. The highest BCUT2D eigenvalue weighted by molar-refractivity contribution is 6.20. The number of nitrogens with zero attached hydrogens (tertiary/aromatic N) is 1. The van der Waals surface area contributed by atoms with Gasteiger partial charge in [-0.05, 0) is 18.2 Å². The van der Waals surface area contributed by atoms with E-state index in [0.717, 1.165) is 0 Å². The Hall–Kier alpha value is -2.17. The number of hydrogen-bond donors (Lipinski definition) is 0. The van der Waals surface area contributed by atoms with E-state index in [1.54, 1.807) is 18.2 Å². The van der Waals surface area contributed by atoms with Gasteiger partial charge in [-0.3, -0.25) is 4.79 Å². The molecule has 0 aromatic heterocycles. The maximum atomic E-state index is 11.8. The molecule has 0 spiro atoms. The Morgan fingerprint density at radius 1 is 1.35 bits per heavy atom. The van der Waals surface area contributed by atoms with Gasteiger partial charge in [0.1, 0.15) is 5.76 Å². The Balaban J connectivity index is 2.34. The normalized spacial score (nSPS) is 22.1. The predicted molar refractivity (Wildman–Crippen MR) is 60.3 cm³/mol. The van der Waals surface area contributed by atoms with Crippen LogP contribution < -0.4 is 0 Å². The van der Waals surface area contributed by atoms with E-state index in [0.29, 0.717) is 11.5 Å². The number of methoxy groups -OCH3 is 2. The molecule has 1 unspecified atom stereocenters. The fourth-order valence-electron chi connectivity index (χ4n) is 1.65. The van der Waals surface area contributed by atoms with Crippen molar-refractivity contribution in [2.75, 3.05) is 14.2 Å². The van der Waals surface area contributed by atoms with Crippen molar-refractivity contribution in [1.82, 2.24) is 0 Å². The lowest BCUT2D eigenvalue weighted by atomic mass is 9.90. The van der Waals surface area contributed by atoms with E-state index in [1.807, 2.05) is 0 Å². The Labute approximate surface area is 98.1 Å². The second-order valence-corrected chi connectivity index (χ2v) is 3.54. The van der Waals surface area contributed by atoms with Gasteiger partial charge in [-0.25, -0.2) is 9.79 Å². The van der Waals surface area contributed by atoms with Crippen molar-refractivity contribution in [2.24, 2.45) is 10.9 Å². The first-order valence-corrected chi connectivity index (χ1v) is 5.02. The van der Waals surface area contributed by atoms with Crippen LogP contribution in [0.25, 0.3) is 0 Å². The Kier molecular flexibility index (Phi) is 2.91. The van der Waals surface area contributed by atoms with Gasteiger partial charge in [-0.2, -0.15) is 0 Å². The standard InChI is InChI=1S/C12H11NO4/c1-16-7-3-4-9-8(5-7)11(14)6-10(13-9)12(15)17-2/h3-6,8H,1-2H3. The maximum absolute atomic E-state index is 11.8. The minimum atomic E-state index is -0.612. The highest BCUT2D eigenvalue weighted by atomic mass is 16.5. The van der Waals surface area contributed by atoms with Crippen molar-refractivity contribution in [3.63, 3.8) is 0 Å². The van der Waals surface area contributed by atoms with Gasteiger partial charge in [-0.1, -0.05) is 0 Å². The summed E-state index contributed by atoms with van der Waals surface area (Å²) in [4.78, 5) is 27.2. The second-order valence-electron chi connectivity index (χ2n) is 3.54. The largest absolute Gasteiger partial charge is 0.497 e. The van der Waals surface area contributed by atoms with Crippen molar-refractivity contribution in [3.05, 3.63) is 35.8 Å². The summed E-state index contributed by atoms with van der Waals surface area (Å²) in [6.45, 7) is 0. The highest BCUT2D eigenvalue weighted by Gasteiger charge is 2.29. The Morgan fingerprint density at radius 2 is 2.12 bits per heavy atom. The zero-order valence-corrected chi connectivity index (χ0v) is 9.47. The van der Waals surface area contributed by atoms with Crippen molar-refractivity contribution in [3.8, 4) is 0 Å². The van der Waals surface area contributed by atoms with E-state index in [2.05, 4.69) is 9.73 Å². The summed E-state index contributed by atoms with van der Waals surface area (Å²) in [5.74, 6) is -0.672. The molecule has 17 heavy (non-hydrogen) atoms. The van der Waals surface area contributed by atoms with E-state index in [1.165, 1.54) is 20.3 Å². The smallest absolute Gasteiger partial charge is 0.356 e. The number of carbonyl (C=O) groups is 2. The number of carbonyl (C=O) groups excluding carboxylic acids is 2. The van der Waals surface area contributed by atoms with Gasteiger partial charge >= 0.3 is 5.97 Å². The molecule has 0 saturated carbocycles. The average Bonchev–Trinajstić information content (AvgIpc) is 2.37. The molecule has 5 heteroatoms. The molecule has 5 nitrogen and oxygen atoms in total. The molecule has 0 saturated heterocycles. The first kappa shape index (κ1) is 11.3. The molecule has 1 heterocycles. The molecule has 0 radical (unpaired) electrons. The molecule has 0 amide bonds. The second kappa shape index (κ2) is 4.37. The monoisotopic (exact) mass is 233 g/mol. The molecule has 0 aromatic carbocycles. The molecule has 0 fully saturated rings. The van der Waals surface area contributed by atoms with Gasteiger partial charge in [0.2, 0.25) is 0 Å². The van der Waals surface area contributed by atoms with Crippen LogP contribution in [0, 0.1) is 5.92 Å². The summed E-state index contributed by atoms with van der Waals surface area (Å²) in [7, 11) is 2.78. The summed E-state index contributed by atoms with van der Waals surface area (Å²) in [5.41, 5.74) is 0.557. The molecular weight excluding hydrogens is 222 g/mol. The summed E-state index contributed by atoms with van der Waals surface area (Å²) in [6, 6.07) is 0. The molecule has 0 aromatic rings. The number of fused-ring (bicyclic) bond motifs is 1. The van der Waals surface area contributed by atoms with E-state index in [4.69, 9.17) is 4.74 Å². The van der Waals surface area contributed by atoms with E-state index < -0.39 is 11.9 Å². The molecule has 0 N–H and O–H groups in total. The SMILES string of the molecule is COC(=O)C1=CC(=O)C2C=C(OC)C=CC2=N1. The van der Waals surface area contributed by atoms with Crippen LogP contribution >= 0.6 is 0 Å². The first-order valence-electron chi connectivity index (χ1n) is 5.02. The number of rotatable bonds is 2. The molecule has 2 rings (SSSR count). The van der Waals surface area contributed by atoms with Crippen LogP contribution in [-0.4, -0.2) is 31.7 Å². The van der Waals surface area contributed by atoms with Gasteiger partial charge in [0, 0.05) is 6.08 Å². The van der Waals surface area contributed by atoms with E-state index in [9.17, 15) is 9.59 Å². The third-order valence-corrected chi connectivity index (χ3v) is 2.53. The third kappa shape index (κ3) is 2.04. The molecule has 0 bridgehead atoms. The summed E-state index contributed by atoms with van der Waals surface area (Å²) in [6.07, 6.45) is 6.23. The lowest BCUT2D eigenvalue weighted by Crippen LogP contribution is -2.27. The lowest BCUT2D eigenvalue weighted by Gasteiger charge is -2.19. The number of ketones is 1. The number of allylic oxidation sites excluding steroid dienone is 4. The number of esters is 1. The number of aliphatic imine (C=N–C) groups is 1. The maximum Gasteiger partial charge on any atom is 0.356 e. The topological polar surface area (TPSA) is 65.0 Å². The minimum Gasteiger partial charge on any atom is -0.497 e. The summed E-state index contributed by atoms with van der Waals surface area (Å²) >= 11 is 0. The van der Waals surface area contributed by atoms with Crippen molar-refractivity contribution in [1.29, 1.82) is 0 Å². The Bertz CT molecular complexity index is 497. The van der Waals surface area contributed by atoms with Crippen molar-refractivity contribution < 1.29 is 19.1 Å². The fraction of sp³-hybridized carbons (Fsp3) is 0.250. The van der Waals surface area contributed by atoms with Crippen LogP contribution in [0.4, 0.5) is 0 Å². The van der Waals surface area contributed by atoms with E-state index >= 15 is 0 Å². The van der Waals surface area contributed by atoms with Crippen LogP contribution in [-0.2, 0) is 19.1 Å². The summed E-state index contributed by atoms with van der Waals surface area (Å²) in [5, 5.41) is 0.